The van der Waals surface area contributed by atoms with Crippen molar-refractivity contribution in [1.29, 1.82) is 0 Å². The van der Waals surface area contributed by atoms with Crippen LogP contribution in [-0.4, -0.2) is 29.2 Å². The maximum absolute atomic E-state index is 8.78. The van der Waals surface area contributed by atoms with Gasteiger partial charge in [-0.05, 0) is 37.6 Å². The smallest absolute Gasteiger partial charge is 0.104 e. The number of aliphatic hydroxyl groups excluding tert-OH is 1. The Morgan fingerprint density at radius 1 is 1.08 bits per heavy atom. The molecule has 2 rings (SSSR count). The fourth-order valence-corrected chi connectivity index (χ4v) is 3.16. The van der Waals surface area contributed by atoms with Crippen LogP contribution in [0.15, 0.2) is 42.5 Å². The lowest BCUT2D eigenvalue weighted by Crippen LogP contribution is -2.32. The minimum Gasteiger partial charge on any atom is -0.384 e. The van der Waals surface area contributed by atoms with Crippen molar-refractivity contribution in [2.45, 2.75) is 32.9 Å². The number of hydrogen-bond donors (Lipinski definition) is 1. The number of thiophene rings is 1. The van der Waals surface area contributed by atoms with Crippen LogP contribution in [0.25, 0.3) is 0 Å². The molecule has 0 aliphatic carbocycles. The average Bonchev–Trinajstić information content (AvgIpc) is 3.06. The summed E-state index contributed by atoms with van der Waals surface area (Å²) in [5, 5.41) is 8.78. The molecular formula is C21H23NOS. The van der Waals surface area contributed by atoms with Gasteiger partial charge in [0.25, 0.3) is 0 Å². The minimum atomic E-state index is -0.0959. The third-order valence-corrected chi connectivity index (χ3v) is 4.80. The fraction of sp³-hybridized carbons (Fsp3) is 0.333. The van der Waals surface area contributed by atoms with E-state index >= 15 is 0 Å². The molecule has 1 atom stereocenters. The standard InChI is InChI=1S/C21H23NOS/c1-3-18(2)22(15-7-11-19-9-5-4-6-10-19)17-21-14-13-20(24-21)12-8-16-23/h4-6,9-10,13-14,18,23H,3,15-17H2,1-2H3/t18-/m0/s1. The largest absolute Gasteiger partial charge is 0.384 e. The van der Waals surface area contributed by atoms with Gasteiger partial charge >= 0.3 is 0 Å². The number of rotatable bonds is 5. The second-order valence-electron chi connectivity index (χ2n) is 5.56. The molecule has 1 aromatic heterocycles. The van der Waals surface area contributed by atoms with Gasteiger partial charge < -0.3 is 5.11 Å². The summed E-state index contributed by atoms with van der Waals surface area (Å²) in [6.45, 7) is 5.98. The summed E-state index contributed by atoms with van der Waals surface area (Å²) < 4.78 is 0. The summed E-state index contributed by atoms with van der Waals surface area (Å²) >= 11 is 1.68. The molecule has 3 heteroatoms. The third kappa shape index (κ3) is 5.87. The molecule has 0 aliphatic rings. The summed E-state index contributed by atoms with van der Waals surface area (Å²) in [5.74, 6) is 12.2. The summed E-state index contributed by atoms with van der Waals surface area (Å²) in [6.07, 6.45) is 1.09. The summed E-state index contributed by atoms with van der Waals surface area (Å²) in [7, 11) is 0. The molecular weight excluding hydrogens is 314 g/mol. The Morgan fingerprint density at radius 3 is 2.58 bits per heavy atom. The molecule has 0 radical (unpaired) electrons. The van der Waals surface area contributed by atoms with Crippen LogP contribution in [0.4, 0.5) is 0 Å². The fourth-order valence-electron chi connectivity index (χ4n) is 2.25. The van der Waals surface area contributed by atoms with Crippen molar-refractivity contribution in [2.75, 3.05) is 13.2 Å². The molecule has 124 valence electrons. The highest BCUT2D eigenvalue weighted by atomic mass is 32.1. The second-order valence-corrected chi connectivity index (χ2v) is 6.72. The van der Waals surface area contributed by atoms with Crippen molar-refractivity contribution in [3.63, 3.8) is 0 Å². The lowest BCUT2D eigenvalue weighted by molar-refractivity contribution is 0.223. The zero-order valence-electron chi connectivity index (χ0n) is 14.2. The predicted octanol–water partition coefficient (Wildman–Crippen LogP) is 3.74. The van der Waals surface area contributed by atoms with E-state index in [1.54, 1.807) is 11.3 Å². The van der Waals surface area contributed by atoms with Gasteiger partial charge in [-0.1, -0.05) is 48.8 Å². The topological polar surface area (TPSA) is 23.5 Å². The number of hydrogen-bond acceptors (Lipinski definition) is 3. The average molecular weight is 337 g/mol. The summed E-state index contributed by atoms with van der Waals surface area (Å²) in [5.41, 5.74) is 1.05. The van der Waals surface area contributed by atoms with E-state index < -0.39 is 0 Å². The molecule has 2 aromatic rings. The monoisotopic (exact) mass is 337 g/mol. The highest BCUT2D eigenvalue weighted by molar-refractivity contribution is 7.12. The molecule has 0 fully saturated rings. The van der Waals surface area contributed by atoms with Crippen LogP contribution in [-0.2, 0) is 6.54 Å². The zero-order valence-corrected chi connectivity index (χ0v) is 15.1. The van der Waals surface area contributed by atoms with Crippen LogP contribution in [0, 0.1) is 23.7 Å². The van der Waals surface area contributed by atoms with Crippen molar-refractivity contribution in [3.05, 3.63) is 57.8 Å². The van der Waals surface area contributed by atoms with E-state index in [0.29, 0.717) is 6.04 Å². The lowest BCUT2D eigenvalue weighted by Gasteiger charge is -2.25. The molecule has 1 heterocycles. The van der Waals surface area contributed by atoms with Crippen molar-refractivity contribution in [2.24, 2.45) is 0 Å². The van der Waals surface area contributed by atoms with Gasteiger partial charge in [-0.2, -0.15) is 0 Å². The molecule has 0 unspecified atom stereocenters. The van der Waals surface area contributed by atoms with Gasteiger partial charge in [-0.25, -0.2) is 0 Å². The molecule has 24 heavy (non-hydrogen) atoms. The van der Waals surface area contributed by atoms with Crippen LogP contribution < -0.4 is 0 Å². The SMILES string of the molecule is CC[C@H](C)N(CC#Cc1ccccc1)Cc1ccc(C#CCO)s1. The second kappa shape index (κ2) is 9.96. The molecule has 0 saturated heterocycles. The molecule has 2 nitrogen and oxygen atoms in total. The Bertz CT molecular complexity index is 743. The Morgan fingerprint density at radius 2 is 1.88 bits per heavy atom. The first kappa shape index (κ1) is 18.3. The van der Waals surface area contributed by atoms with Crippen LogP contribution in [0.5, 0.6) is 0 Å². The molecule has 1 N–H and O–H groups in total. The van der Waals surface area contributed by atoms with Crippen LogP contribution in [0.3, 0.4) is 0 Å². The van der Waals surface area contributed by atoms with Gasteiger partial charge in [0.1, 0.15) is 6.61 Å². The molecule has 0 aliphatic heterocycles. The van der Waals surface area contributed by atoms with E-state index in [2.05, 4.69) is 48.5 Å². The molecule has 0 saturated carbocycles. The van der Waals surface area contributed by atoms with Crippen molar-refractivity contribution < 1.29 is 5.11 Å². The van der Waals surface area contributed by atoms with E-state index in [1.807, 2.05) is 36.4 Å². The Kier molecular flexibility index (Phi) is 7.59. The minimum absolute atomic E-state index is 0.0959. The van der Waals surface area contributed by atoms with Gasteiger partial charge in [-0.3, -0.25) is 4.90 Å². The first-order valence-electron chi connectivity index (χ1n) is 8.19. The third-order valence-electron chi connectivity index (χ3n) is 3.81. The van der Waals surface area contributed by atoms with Crippen LogP contribution in [0.1, 0.15) is 35.6 Å². The van der Waals surface area contributed by atoms with E-state index in [9.17, 15) is 0 Å². The van der Waals surface area contributed by atoms with Gasteiger partial charge in [0.2, 0.25) is 0 Å². The molecule has 1 aromatic carbocycles. The first-order valence-corrected chi connectivity index (χ1v) is 9.01. The molecule has 0 amide bonds. The Labute approximate surface area is 149 Å². The molecule has 0 bridgehead atoms. The van der Waals surface area contributed by atoms with E-state index in [1.165, 1.54) is 4.88 Å². The van der Waals surface area contributed by atoms with Crippen molar-refractivity contribution in [1.82, 2.24) is 4.90 Å². The van der Waals surface area contributed by atoms with Crippen molar-refractivity contribution in [3.8, 4) is 23.7 Å². The maximum Gasteiger partial charge on any atom is 0.104 e. The maximum atomic E-state index is 8.78. The zero-order chi connectivity index (χ0) is 17.2. The number of benzene rings is 1. The quantitative estimate of drug-likeness (QED) is 0.840. The highest BCUT2D eigenvalue weighted by Crippen LogP contribution is 2.19. The Balaban J connectivity index is 2.03. The van der Waals surface area contributed by atoms with E-state index in [4.69, 9.17) is 5.11 Å². The predicted molar refractivity (Wildman–Crippen MR) is 102 cm³/mol. The first-order chi connectivity index (χ1) is 11.7. The van der Waals surface area contributed by atoms with Gasteiger partial charge in [-0.15, -0.1) is 11.3 Å². The number of aliphatic hydroxyl groups is 1. The lowest BCUT2D eigenvalue weighted by atomic mass is 10.2. The van der Waals surface area contributed by atoms with Gasteiger partial charge in [0, 0.05) is 23.0 Å². The van der Waals surface area contributed by atoms with E-state index in [-0.39, 0.29) is 6.61 Å². The van der Waals surface area contributed by atoms with Gasteiger partial charge in [0.05, 0.1) is 11.4 Å². The summed E-state index contributed by atoms with van der Waals surface area (Å²) in [4.78, 5) is 4.67. The highest BCUT2D eigenvalue weighted by Gasteiger charge is 2.12. The van der Waals surface area contributed by atoms with Crippen LogP contribution >= 0.6 is 11.3 Å². The Hall–Kier alpha value is -2.04. The van der Waals surface area contributed by atoms with E-state index in [0.717, 1.165) is 30.0 Å². The summed E-state index contributed by atoms with van der Waals surface area (Å²) in [6, 6.07) is 14.7. The number of nitrogens with zero attached hydrogens (tertiary/aromatic N) is 1. The molecule has 0 spiro atoms. The normalized spacial score (nSPS) is 11.3. The van der Waals surface area contributed by atoms with Crippen molar-refractivity contribution >= 4 is 11.3 Å². The van der Waals surface area contributed by atoms with Crippen LogP contribution in [0.2, 0.25) is 0 Å². The van der Waals surface area contributed by atoms with Gasteiger partial charge in [0.15, 0.2) is 0 Å².